The number of hydrogen-bond acceptors (Lipinski definition) is 3. The average molecular weight is 384 g/mol. The Balaban J connectivity index is 1.57. The Bertz CT molecular complexity index is 845. The van der Waals surface area contributed by atoms with E-state index in [1.807, 2.05) is 24.3 Å². The second kappa shape index (κ2) is 8.35. The Kier molecular flexibility index (Phi) is 5.91. The molecule has 0 unspecified atom stereocenters. The summed E-state index contributed by atoms with van der Waals surface area (Å²) in [6.45, 7) is 4.62. The molecule has 0 saturated carbocycles. The molecule has 1 N–H and O–H groups in total. The highest BCUT2D eigenvalue weighted by Crippen LogP contribution is 2.26. The molecule has 1 atom stereocenters. The molecule has 1 fully saturated rings. The van der Waals surface area contributed by atoms with Crippen molar-refractivity contribution in [1.29, 1.82) is 0 Å². The lowest BCUT2D eigenvalue weighted by Gasteiger charge is -2.16. The standard InChI is InChI=1S/C21H22ClN3O2/c1-14(2)16-5-3-15(4-6-16)12-23-24-21(27)17-11-20(26)25(13-17)19-9-7-18(22)8-10-19/h3-10,12,14,17H,11,13H2,1-2H3,(H,24,27)/b23-12-/t17-/m0/s1. The highest BCUT2D eigenvalue weighted by Gasteiger charge is 2.35. The quantitative estimate of drug-likeness (QED) is 0.627. The number of anilines is 1. The minimum Gasteiger partial charge on any atom is -0.312 e. The summed E-state index contributed by atoms with van der Waals surface area (Å²) in [6, 6.07) is 15.0. The van der Waals surface area contributed by atoms with E-state index in [0.717, 1.165) is 11.3 Å². The number of carbonyl (C=O) groups excluding carboxylic acids is 2. The van der Waals surface area contributed by atoms with Gasteiger partial charge in [0.15, 0.2) is 0 Å². The molecule has 1 aliphatic rings. The number of nitrogens with one attached hydrogen (secondary N) is 1. The number of hydrazone groups is 1. The lowest BCUT2D eigenvalue weighted by molar-refractivity contribution is -0.126. The van der Waals surface area contributed by atoms with E-state index in [1.54, 1.807) is 35.4 Å². The molecule has 0 spiro atoms. The van der Waals surface area contributed by atoms with Crippen LogP contribution in [-0.2, 0) is 9.59 Å². The molecule has 2 aromatic rings. The predicted octanol–water partition coefficient (Wildman–Crippen LogP) is 3.97. The Hall–Kier alpha value is -2.66. The zero-order valence-corrected chi connectivity index (χ0v) is 16.1. The number of nitrogens with zero attached hydrogens (tertiary/aromatic N) is 2. The minimum atomic E-state index is -0.423. The van der Waals surface area contributed by atoms with Gasteiger partial charge in [-0.25, -0.2) is 5.43 Å². The zero-order chi connectivity index (χ0) is 19.4. The van der Waals surface area contributed by atoms with E-state index in [9.17, 15) is 9.59 Å². The van der Waals surface area contributed by atoms with E-state index in [-0.39, 0.29) is 18.2 Å². The SMILES string of the molecule is CC(C)c1ccc(/C=N\NC(=O)[C@H]2CC(=O)N(c3ccc(Cl)cc3)C2)cc1. The molecule has 0 bridgehead atoms. The number of benzene rings is 2. The van der Waals surface area contributed by atoms with Gasteiger partial charge in [0, 0.05) is 23.7 Å². The maximum atomic E-state index is 12.3. The van der Waals surface area contributed by atoms with Crippen molar-refractivity contribution in [2.45, 2.75) is 26.2 Å². The molecule has 5 nitrogen and oxygen atoms in total. The van der Waals surface area contributed by atoms with Crippen molar-refractivity contribution in [1.82, 2.24) is 5.43 Å². The van der Waals surface area contributed by atoms with E-state index < -0.39 is 5.92 Å². The first-order chi connectivity index (χ1) is 12.9. The number of rotatable bonds is 5. The Labute approximate surface area is 164 Å². The van der Waals surface area contributed by atoms with Gasteiger partial charge in [-0.15, -0.1) is 0 Å². The summed E-state index contributed by atoms with van der Waals surface area (Å²) >= 11 is 5.88. The molecule has 0 aliphatic carbocycles. The monoisotopic (exact) mass is 383 g/mol. The average Bonchev–Trinajstić information content (AvgIpc) is 3.04. The smallest absolute Gasteiger partial charge is 0.245 e. The first-order valence-electron chi connectivity index (χ1n) is 8.93. The molecular weight excluding hydrogens is 362 g/mol. The topological polar surface area (TPSA) is 61.8 Å². The van der Waals surface area contributed by atoms with Gasteiger partial charge in [-0.2, -0.15) is 5.10 Å². The van der Waals surface area contributed by atoms with Gasteiger partial charge in [-0.1, -0.05) is 49.7 Å². The van der Waals surface area contributed by atoms with Gasteiger partial charge >= 0.3 is 0 Å². The number of amides is 2. The van der Waals surface area contributed by atoms with Gasteiger partial charge < -0.3 is 4.90 Å². The van der Waals surface area contributed by atoms with E-state index in [2.05, 4.69) is 24.4 Å². The van der Waals surface area contributed by atoms with Gasteiger partial charge in [0.25, 0.3) is 0 Å². The van der Waals surface area contributed by atoms with Crippen LogP contribution in [0.25, 0.3) is 0 Å². The predicted molar refractivity (Wildman–Crippen MR) is 108 cm³/mol. The summed E-state index contributed by atoms with van der Waals surface area (Å²) < 4.78 is 0. The summed E-state index contributed by atoms with van der Waals surface area (Å²) in [6.07, 6.45) is 1.78. The van der Waals surface area contributed by atoms with Crippen LogP contribution in [0.5, 0.6) is 0 Å². The van der Waals surface area contributed by atoms with E-state index in [1.165, 1.54) is 5.56 Å². The lowest BCUT2D eigenvalue weighted by Crippen LogP contribution is -2.30. The second-order valence-electron chi connectivity index (χ2n) is 6.94. The highest BCUT2D eigenvalue weighted by atomic mass is 35.5. The third-order valence-corrected chi connectivity index (χ3v) is 4.88. The van der Waals surface area contributed by atoms with E-state index >= 15 is 0 Å². The van der Waals surface area contributed by atoms with Crippen molar-refractivity contribution < 1.29 is 9.59 Å². The summed E-state index contributed by atoms with van der Waals surface area (Å²) in [5.41, 5.74) is 5.45. The van der Waals surface area contributed by atoms with Crippen LogP contribution in [-0.4, -0.2) is 24.6 Å². The van der Waals surface area contributed by atoms with Crippen LogP contribution in [0.1, 0.15) is 37.3 Å². The molecule has 1 aliphatic heterocycles. The highest BCUT2D eigenvalue weighted by molar-refractivity contribution is 6.30. The van der Waals surface area contributed by atoms with Crippen LogP contribution in [0.3, 0.4) is 0 Å². The third kappa shape index (κ3) is 4.74. The summed E-state index contributed by atoms with van der Waals surface area (Å²) in [5, 5.41) is 4.63. The molecule has 1 heterocycles. The molecule has 0 aromatic heterocycles. The van der Waals surface area contributed by atoms with Crippen LogP contribution in [0.15, 0.2) is 53.6 Å². The molecule has 3 rings (SSSR count). The molecule has 1 saturated heterocycles. The number of halogens is 1. The molecule has 140 valence electrons. The van der Waals surface area contributed by atoms with Crippen molar-refractivity contribution >= 4 is 35.3 Å². The van der Waals surface area contributed by atoms with Crippen LogP contribution in [0.4, 0.5) is 5.69 Å². The van der Waals surface area contributed by atoms with Gasteiger partial charge in [0.1, 0.15) is 0 Å². The number of carbonyl (C=O) groups is 2. The first kappa shape index (κ1) is 19.1. The molecule has 27 heavy (non-hydrogen) atoms. The molecule has 6 heteroatoms. The fourth-order valence-corrected chi connectivity index (χ4v) is 3.11. The molecular formula is C21H22ClN3O2. The Morgan fingerprint density at radius 3 is 2.48 bits per heavy atom. The van der Waals surface area contributed by atoms with Crippen molar-refractivity contribution in [2.24, 2.45) is 11.0 Å². The van der Waals surface area contributed by atoms with Crippen LogP contribution in [0, 0.1) is 5.92 Å². The van der Waals surface area contributed by atoms with Crippen LogP contribution >= 0.6 is 11.6 Å². The maximum Gasteiger partial charge on any atom is 0.245 e. The van der Waals surface area contributed by atoms with Gasteiger partial charge in [0.2, 0.25) is 11.8 Å². The van der Waals surface area contributed by atoms with Crippen molar-refractivity contribution in [3.05, 3.63) is 64.7 Å². The molecule has 0 radical (unpaired) electrons. The minimum absolute atomic E-state index is 0.0780. The fourth-order valence-electron chi connectivity index (χ4n) is 2.98. The van der Waals surface area contributed by atoms with Crippen molar-refractivity contribution in [3.8, 4) is 0 Å². The normalized spacial score (nSPS) is 17.1. The first-order valence-corrected chi connectivity index (χ1v) is 9.30. The third-order valence-electron chi connectivity index (χ3n) is 4.63. The van der Waals surface area contributed by atoms with Crippen molar-refractivity contribution in [3.63, 3.8) is 0 Å². The van der Waals surface area contributed by atoms with Gasteiger partial charge in [-0.3, -0.25) is 9.59 Å². The summed E-state index contributed by atoms with van der Waals surface area (Å²) in [5.74, 6) is -0.284. The van der Waals surface area contributed by atoms with E-state index in [0.29, 0.717) is 17.5 Å². The Morgan fingerprint density at radius 2 is 1.85 bits per heavy atom. The number of hydrogen-bond donors (Lipinski definition) is 1. The summed E-state index contributed by atoms with van der Waals surface area (Å²) in [4.78, 5) is 26.2. The van der Waals surface area contributed by atoms with Crippen LogP contribution < -0.4 is 10.3 Å². The Morgan fingerprint density at radius 1 is 1.19 bits per heavy atom. The van der Waals surface area contributed by atoms with Gasteiger partial charge in [-0.05, 0) is 41.3 Å². The van der Waals surface area contributed by atoms with Crippen molar-refractivity contribution in [2.75, 3.05) is 11.4 Å². The zero-order valence-electron chi connectivity index (χ0n) is 15.4. The molecule has 2 amide bonds. The maximum absolute atomic E-state index is 12.3. The van der Waals surface area contributed by atoms with E-state index in [4.69, 9.17) is 11.6 Å². The fraction of sp³-hybridized carbons (Fsp3) is 0.286. The lowest BCUT2D eigenvalue weighted by atomic mass is 10.0. The second-order valence-corrected chi connectivity index (χ2v) is 7.37. The molecule has 2 aromatic carbocycles. The van der Waals surface area contributed by atoms with Gasteiger partial charge in [0.05, 0.1) is 12.1 Å². The largest absolute Gasteiger partial charge is 0.312 e. The summed E-state index contributed by atoms with van der Waals surface area (Å²) in [7, 11) is 0. The van der Waals surface area contributed by atoms with Crippen LogP contribution in [0.2, 0.25) is 5.02 Å².